The number of rotatable bonds is 3. The fourth-order valence-electron chi connectivity index (χ4n) is 4.16. The van der Waals surface area contributed by atoms with Crippen LogP contribution in [-0.4, -0.2) is 0 Å². The predicted octanol–water partition coefficient (Wildman–Crippen LogP) is 9.19. The molecule has 2 aromatic carbocycles. The molecule has 2 nitrogen and oxygen atoms in total. The van der Waals surface area contributed by atoms with Crippen molar-refractivity contribution in [2.24, 2.45) is 0 Å². The molecule has 0 N–H and O–H groups in total. The fourth-order valence-corrected chi connectivity index (χ4v) is 4.16. The molecule has 0 unspecified atom stereocenters. The lowest BCUT2D eigenvalue weighted by Gasteiger charge is -2.02. The van der Waals surface area contributed by atoms with Gasteiger partial charge in [0.25, 0.3) is 0 Å². The van der Waals surface area contributed by atoms with Crippen molar-refractivity contribution < 1.29 is 8.83 Å². The number of hydrogen-bond acceptors (Lipinski definition) is 2. The molecule has 0 amide bonds. The molecular weight excluding hydrogens is 404 g/mol. The lowest BCUT2D eigenvalue weighted by atomic mass is 10.0. The molecule has 33 heavy (non-hydrogen) atoms. The zero-order valence-electron chi connectivity index (χ0n) is 18.5. The minimum atomic E-state index is 0.816. The molecule has 0 saturated carbocycles. The first-order chi connectivity index (χ1) is 16.3. The van der Waals surface area contributed by atoms with Crippen LogP contribution in [0.15, 0.2) is 119 Å². The van der Waals surface area contributed by atoms with E-state index in [4.69, 9.17) is 8.83 Å². The smallest absolute Gasteiger partial charge is 0.147 e. The van der Waals surface area contributed by atoms with Gasteiger partial charge in [0.05, 0.1) is 5.39 Å². The molecule has 0 saturated heterocycles. The Morgan fingerprint density at radius 1 is 0.788 bits per heavy atom. The van der Waals surface area contributed by atoms with Gasteiger partial charge in [-0.05, 0) is 48.4 Å². The van der Waals surface area contributed by atoms with Crippen LogP contribution >= 0.6 is 0 Å². The Morgan fingerprint density at radius 2 is 1.52 bits per heavy atom. The molecule has 160 valence electrons. The van der Waals surface area contributed by atoms with Gasteiger partial charge in [0, 0.05) is 16.3 Å². The summed E-state index contributed by atoms with van der Waals surface area (Å²) < 4.78 is 12.6. The van der Waals surface area contributed by atoms with Crippen LogP contribution in [-0.2, 0) is 0 Å². The quantitative estimate of drug-likeness (QED) is 0.304. The number of allylic oxidation sites excluding steroid dienone is 13. The molecule has 0 aliphatic heterocycles. The van der Waals surface area contributed by atoms with Crippen LogP contribution in [0.5, 0.6) is 0 Å². The first-order valence-corrected chi connectivity index (χ1v) is 11.0. The van der Waals surface area contributed by atoms with Gasteiger partial charge in [0.2, 0.25) is 0 Å². The van der Waals surface area contributed by atoms with Crippen molar-refractivity contribution in [1.29, 1.82) is 0 Å². The van der Waals surface area contributed by atoms with Crippen molar-refractivity contribution in [3.63, 3.8) is 0 Å². The van der Waals surface area contributed by atoms with Crippen molar-refractivity contribution in [3.05, 3.63) is 127 Å². The maximum atomic E-state index is 6.45. The maximum absolute atomic E-state index is 6.45. The van der Waals surface area contributed by atoms with Gasteiger partial charge in [-0.3, -0.25) is 0 Å². The van der Waals surface area contributed by atoms with E-state index in [9.17, 15) is 0 Å². The number of furan rings is 2. The van der Waals surface area contributed by atoms with E-state index in [1.165, 1.54) is 0 Å². The number of hydrogen-bond donors (Lipinski definition) is 0. The summed E-state index contributed by atoms with van der Waals surface area (Å²) in [7, 11) is 0. The third kappa shape index (κ3) is 3.88. The highest BCUT2D eigenvalue weighted by molar-refractivity contribution is 6.18. The van der Waals surface area contributed by atoms with Crippen molar-refractivity contribution in [2.75, 3.05) is 0 Å². The molecular formula is C31H24O2. The van der Waals surface area contributed by atoms with Crippen LogP contribution in [0.2, 0.25) is 0 Å². The molecule has 5 rings (SSSR count). The lowest BCUT2D eigenvalue weighted by molar-refractivity contribution is 0.606. The van der Waals surface area contributed by atoms with Crippen LogP contribution in [0, 0.1) is 0 Å². The Hall–Kier alpha value is -4.30. The Kier molecular flexibility index (Phi) is 5.65. The summed E-state index contributed by atoms with van der Waals surface area (Å²) in [6.45, 7) is 5.87. The predicted molar refractivity (Wildman–Crippen MR) is 142 cm³/mol. The van der Waals surface area contributed by atoms with E-state index in [1.54, 1.807) is 0 Å². The van der Waals surface area contributed by atoms with Gasteiger partial charge >= 0.3 is 0 Å². The summed E-state index contributed by atoms with van der Waals surface area (Å²) in [6, 6.07) is 10.4. The van der Waals surface area contributed by atoms with E-state index in [0.717, 1.165) is 55.4 Å². The average molecular weight is 429 g/mol. The highest BCUT2D eigenvalue weighted by atomic mass is 16.3. The highest BCUT2D eigenvalue weighted by Crippen LogP contribution is 2.40. The zero-order chi connectivity index (χ0) is 22.6. The summed E-state index contributed by atoms with van der Waals surface area (Å²) >= 11 is 0. The van der Waals surface area contributed by atoms with Crippen LogP contribution in [0.3, 0.4) is 0 Å². The minimum absolute atomic E-state index is 0.816. The van der Waals surface area contributed by atoms with E-state index in [2.05, 4.69) is 36.9 Å². The third-order valence-electron chi connectivity index (χ3n) is 5.62. The Labute approximate surface area is 193 Å². The van der Waals surface area contributed by atoms with E-state index in [1.807, 2.05) is 92.0 Å². The summed E-state index contributed by atoms with van der Waals surface area (Å²) in [5.41, 5.74) is 5.75. The van der Waals surface area contributed by atoms with Gasteiger partial charge in [-0.1, -0.05) is 91.6 Å². The van der Waals surface area contributed by atoms with Crippen molar-refractivity contribution in [3.8, 4) is 0 Å². The molecule has 0 radical (unpaired) electrons. The average Bonchev–Trinajstić information content (AvgIpc) is 3.36. The second-order valence-corrected chi connectivity index (χ2v) is 7.74. The van der Waals surface area contributed by atoms with Gasteiger partial charge in [-0.15, -0.1) is 0 Å². The molecule has 0 atom stereocenters. The number of benzene rings is 2. The molecule has 2 aromatic heterocycles. The van der Waals surface area contributed by atoms with Crippen LogP contribution in [0.25, 0.3) is 50.6 Å². The van der Waals surface area contributed by atoms with Gasteiger partial charge < -0.3 is 8.83 Å². The molecule has 1 aliphatic carbocycles. The molecule has 2 heteroatoms. The van der Waals surface area contributed by atoms with Crippen LogP contribution in [0.1, 0.15) is 23.8 Å². The SMILES string of the molecule is C=C/C=C(\C=C/C)c1ccc2oc3ccc4c5c(oc4c3c2c1)\C=C/C=C\C=C/C=C/C=C/5. The Bertz CT molecular complexity index is 1570. The lowest BCUT2D eigenvalue weighted by Crippen LogP contribution is -1.80. The van der Waals surface area contributed by atoms with Gasteiger partial charge in [-0.2, -0.15) is 0 Å². The first-order valence-electron chi connectivity index (χ1n) is 11.0. The van der Waals surface area contributed by atoms with E-state index >= 15 is 0 Å². The fraction of sp³-hybridized carbons (Fsp3) is 0.0323. The summed E-state index contributed by atoms with van der Waals surface area (Å²) in [6.07, 6.45) is 28.1. The van der Waals surface area contributed by atoms with Crippen molar-refractivity contribution in [1.82, 2.24) is 0 Å². The zero-order valence-corrected chi connectivity index (χ0v) is 18.5. The number of fused-ring (bicyclic) bond motifs is 7. The normalized spacial score (nSPS) is 19.2. The van der Waals surface area contributed by atoms with Crippen LogP contribution in [0.4, 0.5) is 0 Å². The second kappa shape index (κ2) is 9.05. The third-order valence-corrected chi connectivity index (χ3v) is 5.62. The molecule has 0 fully saturated rings. The maximum Gasteiger partial charge on any atom is 0.147 e. The van der Waals surface area contributed by atoms with E-state index in [0.29, 0.717) is 0 Å². The Morgan fingerprint density at radius 3 is 2.27 bits per heavy atom. The largest absolute Gasteiger partial charge is 0.456 e. The van der Waals surface area contributed by atoms with Gasteiger partial charge in [-0.25, -0.2) is 0 Å². The first kappa shape index (κ1) is 20.6. The standard InChI is InChI=1S/C31H24O2/c1-3-13-22(14-4-2)23-17-19-28-26(21-23)30-29(32-28)20-18-25-24-15-11-9-7-5-6-8-10-12-16-27(24)33-31(25)30/h3-21H,1H2,2H3/b6-5-,7-5?,8-6?,9-7+,10-8-,11-9?,12-10?,14-4-,15-11+,16-12-,22-13+,24-15?,27-16?. The molecule has 0 spiro atoms. The van der Waals surface area contributed by atoms with E-state index in [-0.39, 0.29) is 0 Å². The van der Waals surface area contributed by atoms with Crippen molar-refractivity contribution in [2.45, 2.75) is 6.92 Å². The molecule has 4 aromatic rings. The molecule has 0 bridgehead atoms. The van der Waals surface area contributed by atoms with Crippen LogP contribution < -0.4 is 0 Å². The monoisotopic (exact) mass is 428 g/mol. The molecule has 1 aliphatic rings. The topological polar surface area (TPSA) is 26.3 Å². The molecule has 2 heterocycles. The summed E-state index contributed by atoms with van der Waals surface area (Å²) in [5, 5.41) is 3.09. The minimum Gasteiger partial charge on any atom is -0.456 e. The highest BCUT2D eigenvalue weighted by Gasteiger charge is 2.18. The van der Waals surface area contributed by atoms with Gasteiger partial charge in [0.1, 0.15) is 22.5 Å². The van der Waals surface area contributed by atoms with E-state index < -0.39 is 0 Å². The second-order valence-electron chi connectivity index (χ2n) is 7.74. The van der Waals surface area contributed by atoms with Crippen molar-refractivity contribution >= 4 is 50.6 Å². The summed E-state index contributed by atoms with van der Waals surface area (Å²) in [4.78, 5) is 0. The van der Waals surface area contributed by atoms with Gasteiger partial charge in [0.15, 0.2) is 0 Å². The Balaban J connectivity index is 1.79. The summed E-state index contributed by atoms with van der Waals surface area (Å²) in [5.74, 6) is 0.822.